The summed E-state index contributed by atoms with van der Waals surface area (Å²) < 4.78 is 15.1. The molecule has 0 aromatic carbocycles. The normalized spacial score (nSPS) is 10.9. The van der Waals surface area contributed by atoms with Crippen LogP contribution in [0.5, 0.6) is 0 Å². The SMILES string of the molecule is CCCCCCCCCCCOC(=O)COCC(=O)OCCC(C)C. The maximum absolute atomic E-state index is 11.5. The minimum Gasteiger partial charge on any atom is -0.464 e. The summed E-state index contributed by atoms with van der Waals surface area (Å²) in [5.74, 6) is -0.369. The van der Waals surface area contributed by atoms with Crippen molar-refractivity contribution in [1.29, 1.82) is 0 Å². The number of hydrogen-bond donors (Lipinski definition) is 0. The molecular weight excluding hydrogens is 320 g/mol. The number of esters is 2. The molecule has 148 valence electrons. The number of rotatable bonds is 17. The first-order chi connectivity index (χ1) is 12.1. The number of hydrogen-bond acceptors (Lipinski definition) is 5. The van der Waals surface area contributed by atoms with Crippen LogP contribution in [0.25, 0.3) is 0 Å². The summed E-state index contributed by atoms with van der Waals surface area (Å²) in [6.45, 7) is 6.77. The van der Waals surface area contributed by atoms with E-state index in [9.17, 15) is 9.59 Å². The molecule has 0 saturated heterocycles. The molecule has 0 amide bonds. The topological polar surface area (TPSA) is 61.8 Å². The van der Waals surface area contributed by atoms with Gasteiger partial charge in [-0.25, -0.2) is 9.59 Å². The molecule has 0 heterocycles. The van der Waals surface area contributed by atoms with Crippen molar-refractivity contribution in [3.05, 3.63) is 0 Å². The van der Waals surface area contributed by atoms with Gasteiger partial charge in [-0.3, -0.25) is 0 Å². The molecule has 0 aromatic heterocycles. The van der Waals surface area contributed by atoms with E-state index in [0.717, 1.165) is 19.3 Å². The minimum atomic E-state index is -0.438. The van der Waals surface area contributed by atoms with E-state index < -0.39 is 11.9 Å². The first kappa shape index (κ1) is 23.9. The predicted molar refractivity (Wildman–Crippen MR) is 99.4 cm³/mol. The molecule has 0 aliphatic rings. The summed E-state index contributed by atoms with van der Waals surface area (Å²) in [6.07, 6.45) is 11.9. The van der Waals surface area contributed by atoms with Gasteiger partial charge in [0.1, 0.15) is 13.2 Å². The fourth-order valence-corrected chi connectivity index (χ4v) is 2.31. The molecule has 5 nitrogen and oxygen atoms in total. The van der Waals surface area contributed by atoms with E-state index in [-0.39, 0.29) is 13.2 Å². The number of carbonyl (C=O) groups excluding carboxylic acids is 2. The molecule has 0 spiro atoms. The van der Waals surface area contributed by atoms with Gasteiger partial charge in [0.25, 0.3) is 0 Å². The van der Waals surface area contributed by atoms with Gasteiger partial charge in [-0.05, 0) is 18.8 Å². The zero-order valence-corrected chi connectivity index (χ0v) is 16.5. The first-order valence-corrected chi connectivity index (χ1v) is 9.95. The van der Waals surface area contributed by atoms with Crippen molar-refractivity contribution in [2.75, 3.05) is 26.4 Å². The van der Waals surface area contributed by atoms with Crippen LogP contribution in [0.1, 0.15) is 85.0 Å². The fraction of sp³-hybridized carbons (Fsp3) is 0.900. The van der Waals surface area contributed by atoms with Gasteiger partial charge < -0.3 is 14.2 Å². The van der Waals surface area contributed by atoms with Crippen molar-refractivity contribution in [2.24, 2.45) is 5.92 Å². The van der Waals surface area contributed by atoms with Gasteiger partial charge in [0.15, 0.2) is 0 Å². The maximum atomic E-state index is 11.5. The smallest absolute Gasteiger partial charge is 0.332 e. The minimum absolute atomic E-state index is 0.198. The second kappa shape index (κ2) is 17.7. The van der Waals surface area contributed by atoms with E-state index in [1.807, 2.05) is 0 Å². The molecule has 0 fully saturated rings. The lowest BCUT2D eigenvalue weighted by molar-refractivity contribution is -0.155. The highest BCUT2D eigenvalue weighted by atomic mass is 16.6. The zero-order chi connectivity index (χ0) is 18.8. The van der Waals surface area contributed by atoms with E-state index in [2.05, 4.69) is 20.8 Å². The summed E-state index contributed by atoms with van der Waals surface area (Å²) in [4.78, 5) is 22.8. The van der Waals surface area contributed by atoms with Gasteiger partial charge in [-0.15, -0.1) is 0 Å². The Morgan fingerprint density at radius 2 is 1.20 bits per heavy atom. The van der Waals surface area contributed by atoms with Gasteiger partial charge in [0.2, 0.25) is 0 Å². The summed E-state index contributed by atoms with van der Waals surface area (Å²) in [7, 11) is 0. The molecule has 0 aromatic rings. The standard InChI is InChI=1S/C20H38O5/c1-4-5-6-7-8-9-10-11-12-14-24-19(21)16-23-17-20(22)25-15-13-18(2)3/h18H,4-17H2,1-3H3. The third kappa shape index (κ3) is 19.1. The lowest BCUT2D eigenvalue weighted by Gasteiger charge is -2.08. The number of unbranched alkanes of at least 4 members (excludes halogenated alkanes) is 8. The van der Waals surface area contributed by atoms with E-state index in [0.29, 0.717) is 19.1 Å². The highest BCUT2D eigenvalue weighted by Gasteiger charge is 2.07. The Morgan fingerprint density at radius 3 is 1.72 bits per heavy atom. The van der Waals surface area contributed by atoms with Crippen LogP contribution in [0.3, 0.4) is 0 Å². The average Bonchev–Trinajstić information content (AvgIpc) is 2.56. The van der Waals surface area contributed by atoms with E-state index >= 15 is 0 Å². The Kier molecular flexibility index (Phi) is 16.9. The van der Waals surface area contributed by atoms with E-state index in [1.165, 1.54) is 44.9 Å². The van der Waals surface area contributed by atoms with E-state index in [4.69, 9.17) is 14.2 Å². The molecule has 0 rings (SSSR count). The zero-order valence-electron chi connectivity index (χ0n) is 16.5. The van der Waals surface area contributed by atoms with Crippen molar-refractivity contribution in [3.63, 3.8) is 0 Å². The summed E-state index contributed by atoms with van der Waals surface area (Å²) in [5, 5.41) is 0. The Morgan fingerprint density at radius 1 is 0.720 bits per heavy atom. The fourth-order valence-electron chi connectivity index (χ4n) is 2.31. The van der Waals surface area contributed by atoms with Crippen LogP contribution in [0.15, 0.2) is 0 Å². The van der Waals surface area contributed by atoms with Gasteiger partial charge in [-0.2, -0.15) is 0 Å². The molecule has 0 N–H and O–H groups in total. The van der Waals surface area contributed by atoms with E-state index in [1.54, 1.807) is 0 Å². The molecule has 5 heteroatoms. The predicted octanol–water partition coefficient (Wildman–Crippen LogP) is 4.67. The van der Waals surface area contributed by atoms with Crippen molar-refractivity contribution < 1.29 is 23.8 Å². The molecule has 0 saturated carbocycles. The molecule has 0 aliphatic carbocycles. The Bertz CT molecular complexity index is 328. The first-order valence-electron chi connectivity index (χ1n) is 9.95. The van der Waals surface area contributed by atoms with Crippen LogP contribution >= 0.6 is 0 Å². The average molecular weight is 359 g/mol. The lowest BCUT2D eigenvalue weighted by atomic mass is 10.1. The molecule has 0 unspecified atom stereocenters. The lowest BCUT2D eigenvalue weighted by Crippen LogP contribution is -2.19. The highest BCUT2D eigenvalue weighted by Crippen LogP contribution is 2.09. The summed E-state index contributed by atoms with van der Waals surface area (Å²) in [5.41, 5.74) is 0. The second-order valence-electron chi connectivity index (χ2n) is 6.94. The number of carbonyl (C=O) groups is 2. The Balaban J connectivity index is 3.32. The Hall–Kier alpha value is -1.10. The van der Waals surface area contributed by atoms with Gasteiger partial charge >= 0.3 is 11.9 Å². The summed E-state index contributed by atoms with van der Waals surface area (Å²) >= 11 is 0. The van der Waals surface area contributed by atoms with Gasteiger partial charge in [0.05, 0.1) is 13.2 Å². The van der Waals surface area contributed by atoms with Crippen molar-refractivity contribution in [1.82, 2.24) is 0 Å². The van der Waals surface area contributed by atoms with Crippen LogP contribution in [-0.4, -0.2) is 38.4 Å². The third-order valence-electron chi connectivity index (χ3n) is 3.91. The van der Waals surface area contributed by atoms with Crippen molar-refractivity contribution >= 4 is 11.9 Å². The maximum Gasteiger partial charge on any atom is 0.332 e. The van der Waals surface area contributed by atoms with Gasteiger partial charge in [-0.1, -0.05) is 72.1 Å². The Labute approximate surface area is 153 Å². The second-order valence-corrected chi connectivity index (χ2v) is 6.94. The molecule has 25 heavy (non-hydrogen) atoms. The number of ether oxygens (including phenoxy) is 3. The quantitative estimate of drug-likeness (QED) is 0.279. The molecular formula is C20H38O5. The monoisotopic (exact) mass is 358 g/mol. The van der Waals surface area contributed by atoms with Crippen LogP contribution in [0.2, 0.25) is 0 Å². The van der Waals surface area contributed by atoms with Crippen molar-refractivity contribution in [2.45, 2.75) is 85.0 Å². The largest absolute Gasteiger partial charge is 0.464 e. The van der Waals surface area contributed by atoms with Crippen LogP contribution in [0.4, 0.5) is 0 Å². The third-order valence-corrected chi connectivity index (χ3v) is 3.91. The van der Waals surface area contributed by atoms with Gasteiger partial charge in [0, 0.05) is 0 Å². The molecule has 0 radical (unpaired) electrons. The van der Waals surface area contributed by atoms with Crippen LogP contribution in [-0.2, 0) is 23.8 Å². The van der Waals surface area contributed by atoms with Crippen LogP contribution < -0.4 is 0 Å². The van der Waals surface area contributed by atoms with Crippen molar-refractivity contribution in [3.8, 4) is 0 Å². The van der Waals surface area contributed by atoms with Crippen LogP contribution in [0, 0.1) is 5.92 Å². The summed E-state index contributed by atoms with van der Waals surface area (Å²) in [6, 6.07) is 0. The highest BCUT2D eigenvalue weighted by molar-refractivity contribution is 5.73. The molecule has 0 atom stereocenters. The molecule has 0 bridgehead atoms. The molecule has 0 aliphatic heterocycles.